The van der Waals surface area contributed by atoms with Crippen LogP contribution in [0.15, 0.2) is 121 Å². The van der Waals surface area contributed by atoms with Crippen LogP contribution in [0.1, 0.15) is 68.1 Å². The van der Waals surface area contributed by atoms with E-state index >= 15 is 0 Å². The van der Waals surface area contributed by atoms with Crippen molar-refractivity contribution in [2.45, 2.75) is 38.9 Å². The summed E-state index contributed by atoms with van der Waals surface area (Å²) in [5.74, 6) is 0.253. The summed E-state index contributed by atoms with van der Waals surface area (Å²) in [6.45, 7) is 4.58. The molecule has 0 aliphatic rings. The van der Waals surface area contributed by atoms with Gasteiger partial charge in [-0.2, -0.15) is 0 Å². The van der Waals surface area contributed by atoms with Gasteiger partial charge in [0.05, 0.1) is 65.0 Å². The second-order valence-electron chi connectivity index (χ2n) is 15.4. The van der Waals surface area contributed by atoms with Crippen molar-refractivity contribution in [3.63, 3.8) is 0 Å². The fourth-order valence-electron chi connectivity index (χ4n) is 6.59. The number of carbonyl (C=O) groups is 4. The molecule has 366 valence electrons. The molecular formula is C54H54O16. The number of carbonyl (C=O) groups excluding carboxylic acids is 4. The molecule has 16 nitrogen and oxygen atoms in total. The fraction of sp³-hybridized carbons (Fsp3) is 0.259. The normalized spacial score (nSPS) is 11.6. The third-order valence-corrected chi connectivity index (χ3v) is 10.8. The van der Waals surface area contributed by atoms with E-state index in [0.717, 1.165) is 11.1 Å². The molecule has 0 radical (unpaired) electrons. The predicted molar refractivity (Wildman–Crippen MR) is 257 cm³/mol. The Morgan fingerprint density at radius 1 is 0.371 bits per heavy atom. The maximum absolute atomic E-state index is 13.2. The molecule has 2 unspecified atom stereocenters. The molecule has 0 saturated heterocycles. The van der Waals surface area contributed by atoms with Crippen molar-refractivity contribution < 1.29 is 76.0 Å². The molecule has 6 aromatic rings. The molecule has 0 amide bonds. The van der Waals surface area contributed by atoms with Crippen molar-refractivity contribution in [1.29, 1.82) is 0 Å². The Kier molecular flexibility index (Phi) is 18.2. The van der Waals surface area contributed by atoms with Crippen LogP contribution in [-0.2, 0) is 9.47 Å². The van der Waals surface area contributed by atoms with Gasteiger partial charge < -0.3 is 56.8 Å². The molecule has 0 aromatic heterocycles. The molecule has 0 spiro atoms. The van der Waals surface area contributed by atoms with E-state index < -0.39 is 23.9 Å². The zero-order chi connectivity index (χ0) is 50.2. The first-order valence-electron chi connectivity index (χ1n) is 22.0. The lowest BCUT2D eigenvalue weighted by atomic mass is 10.1. The van der Waals surface area contributed by atoms with Crippen LogP contribution in [-0.4, -0.2) is 92.0 Å². The number of hydrogen-bond donors (Lipinski definition) is 0. The van der Waals surface area contributed by atoms with E-state index in [0.29, 0.717) is 60.6 Å². The number of ether oxygens (including phenoxy) is 12. The number of benzene rings is 6. The van der Waals surface area contributed by atoms with Gasteiger partial charge in [0.2, 0.25) is 0 Å². The molecule has 6 rings (SSSR count). The first kappa shape index (κ1) is 51.3. The highest BCUT2D eigenvalue weighted by molar-refractivity contribution is 5.96. The lowest BCUT2D eigenvalue weighted by Gasteiger charge is -2.16. The molecule has 0 N–H and O–H groups in total. The lowest BCUT2D eigenvalue weighted by Crippen LogP contribution is -2.13. The third kappa shape index (κ3) is 13.5. The second kappa shape index (κ2) is 24.8. The van der Waals surface area contributed by atoms with Gasteiger partial charge in [-0.1, -0.05) is 24.3 Å². The van der Waals surface area contributed by atoms with Gasteiger partial charge in [-0.15, -0.1) is 0 Å². The van der Waals surface area contributed by atoms with E-state index in [4.69, 9.17) is 56.8 Å². The summed E-state index contributed by atoms with van der Waals surface area (Å²) in [5.41, 5.74) is 2.32. The second-order valence-corrected chi connectivity index (χ2v) is 15.4. The van der Waals surface area contributed by atoms with E-state index in [-0.39, 0.29) is 57.5 Å². The molecule has 0 aliphatic heterocycles. The lowest BCUT2D eigenvalue weighted by molar-refractivity contribution is 0.0717. The summed E-state index contributed by atoms with van der Waals surface area (Å²) >= 11 is 0. The van der Waals surface area contributed by atoms with Crippen LogP contribution in [0.3, 0.4) is 0 Å². The quantitative estimate of drug-likeness (QED) is 0.0437. The van der Waals surface area contributed by atoms with Crippen LogP contribution in [0.4, 0.5) is 0 Å². The fourth-order valence-corrected chi connectivity index (χ4v) is 6.59. The van der Waals surface area contributed by atoms with Gasteiger partial charge in [-0.05, 0) is 97.8 Å². The van der Waals surface area contributed by atoms with Gasteiger partial charge in [0, 0.05) is 51.3 Å². The maximum Gasteiger partial charge on any atom is 0.347 e. The molecule has 0 heterocycles. The Hall–Kier alpha value is -8.08. The molecule has 0 fully saturated rings. The Morgan fingerprint density at radius 2 is 0.671 bits per heavy atom. The average molecular weight is 959 g/mol. The van der Waals surface area contributed by atoms with Crippen molar-refractivity contribution in [3.8, 4) is 68.6 Å². The number of methoxy groups -OCH3 is 6. The Balaban J connectivity index is 0.989. The zero-order valence-corrected chi connectivity index (χ0v) is 40.1. The standard InChI is InChI=1S/C54H54O16/c1-33(59-3)25-27-65-49-31-45(61-5)43(29-47(49)63-7)53(57)69-41-21-13-37(14-22-41)51(55)67-39-17-9-35(10-18-39)36-11-19-40(20-12-36)68-52(56)38-15-23-42(24-16-38)70-54(58)44-30-48(64-8)50(32-46(44)62-6)66-28-26-34(2)60-4/h9-24,29-34H,25-28H2,1-8H3. The monoisotopic (exact) mass is 958 g/mol. The molecule has 16 heteroatoms. The van der Waals surface area contributed by atoms with Crippen molar-refractivity contribution >= 4 is 23.9 Å². The molecule has 6 aromatic carbocycles. The van der Waals surface area contributed by atoms with Crippen LogP contribution in [0.5, 0.6) is 57.5 Å². The number of rotatable bonds is 23. The molecule has 2 atom stereocenters. The molecule has 0 bridgehead atoms. The molecular weight excluding hydrogens is 905 g/mol. The topological polar surface area (TPSA) is 179 Å². The van der Waals surface area contributed by atoms with Crippen LogP contribution < -0.4 is 47.4 Å². The van der Waals surface area contributed by atoms with E-state index in [2.05, 4.69) is 0 Å². The predicted octanol–water partition coefficient (Wildman–Crippen LogP) is 9.87. The number of esters is 4. The van der Waals surface area contributed by atoms with Crippen LogP contribution in [0, 0.1) is 0 Å². The highest BCUT2D eigenvalue weighted by atomic mass is 16.6. The minimum Gasteiger partial charge on any atom is -0.496 e. The van der Waals surface area contributed by atoms with Crippen molar-refractivity contribution in [1.82, 2.24) is 0 Å². The highest BCUT2D eigenvalue weighted by Crippen LogP contribution is 2.37. The number of hydrogen-bond acceptors (Lipinski definition) is 16. The van der Waals surface area contributed by atoms with Gasteiger partial charge in [0.15, 0.2) is 23.0 Å². The Bertz CT molecular complexity index is 2530. The minimum atomic E-state index is -0.704. The average Bonchev–Trinajstić information content (AvgIpc) is 3.38. The SMILES string of the molecule is COc1cc(C(=O)Oc2ccc(C(=O)Oc3ccc(-c4ccc(OC(=O)c5ccc(OC(=O)c6cc(OC)c(OCCC(C)OC)cc6OC)cc5)cc4)cc3)cc2)c(OC)cc1OCCC(C)OC. The van der Waals surface area contributed by atoms with Crippen LogP contribution >= 0.6 is 0 Å². The summed E-state index contributed by atoms with van der Waals surface area (Å²) in [6.07, 6.45) is 1.30. The van der Waals surface area contributed by atoms with E-state index in [9.17, 15) is 19.2 Å². The van der Waals surface area contributed by atoms with E-state index in [1.807, 2.05) is 13.8 Å². The summed E-state index contributed by atoms with van der Waals surface area (Å²) in [6, 6.07) is 31.7. The van der Waals surface area contributed by atoms with Crippen LogP contribution in [0.2, 0.25) is 0 Å². The van der Waals surface area contributed by atoms with E-state index in [1.165, 1.54) is 89.1 Å². The summed E-state index contributed by atoms with van der Waals surface area (Å²) in [5, 5.41) is 0. The summed E-state index contributed by atoms with van der Waals surface area (Å²) in [4.78, 5) is 52.4. The van der Waals surface area contributed by atoms with Crippen molar-refractivity contribution in [2.75, 3.05) is 55.9 Å². The van der Waals surface area contributed by atoms with Gasteiger partial charge in [0.1, 0.15) is 45.6 Å². The maximum atomic E-state index is 13.2. The smallest absolute Gasteiger partial charge is 0.347 e. The van der Waals surface area contributed by atoms with Gasteiger partial charge in [-0.25, -0.2) is 19.2 Å². The Morgan fingerprint density at radius 3 is 0.971 bits per heavy atom. The van der Waals surface area contributed by atoms with Crippen molar-refractivity contribution in [3.05, 3.63) is 144 Å². The highest BCUT2D eigenvalue weighted by Gasteiger charge is 2.23. The first-order valence-corrected chi connectivity index (χ1v) is 22.0. The van der Waals surface area contributed by atoms with Crippen LogP contribution in [0.25, 0.3) is 11.1 Å². The third-order valence-electron chi connectivity index (χ3n) is 10.8. The first-order chi connectivity index (χ1) is 33.9. The largest absolute Gasteiger partial charge is 0.496 e. The summed E-state index contributed by atoms with van der Waals surface area (Å²) in [7, 11) is 9.04. The van der Waals surface area contributed by atoms with Gasteiger partial charge >= 0.3 is 23.9 Å². The molecule has 0 aliphatic carbocycles. The van der Waals surface area contributed by atoms with E-state index in [1.54, 1.807) is 74.9 Å². The minimum absolute atomic E-state index is 0.00515. The van der Waals surface area contributed by atoms with Gasteiger partial charge in [-0.3, -0.25) is 0 Å². The Labute approximate surface area is 405 Å². The molecule has 0 saturated carbocycles. The van der Waals surface area contributed by atoms with Gasteiger partial charge in [0.25, 0.3) is 0 Å². The molecule has 70 heavy (non-hydrogen) atoms. The summed E-state index contributed by atoms with van der Waals surface area (Å²) < 4.78 is 66.4. The zero-order valence-electron chi connectivity index (χ0n) is 40.1. The van der Waals surface area contributed by atoms with Crippen molar-refractivity contribution in [2.24, 2.45) is 0 Å².